The number of aryl methyl sites for hydroxylation is 1. The Morgan fingerprint density at radius 2 is 1.92 bits per heavy atom. The van der Waals surface area contributed by atoms with Gasteiger partial charge in [-0.1, -0.05) is 30.3 Å². The van der Waals surface area contributed by atoms with Crippen LogP contribution >= 0.6 is 11.3 Å². The zero-order valence-electron chi connectivity index (χ0n) is 15.1. The molecule has 1 N–H and O–H groups in total. The number of nitrogens with zero attached hydrogens (tertiary/aromatic N) is 2. The summed E-state index contributed by atoms with van der Waals surface area (Å²) in [5.74, 6) is 0.126. The second-order valence-electron chi connectivity index (χ2n) is 6.71. The summed E-state index contributed by atoms with van der Waals surface area (Å²) >= 11 is 1.68. The summed E-state index contributed by atoms with van der Waals surface area (Å²) in [5.41, 5.74) is 2.75. The minimum absolute atomic E-state index is 0.0689. The van der Waals surface area contributed by atoms with Crippen molar-refractivity contribution in [3.63, 3.8) is 0 Å². The van der Waals surface area contributed by atoms with Crippen LogP contribution in [0.25, 0.3) is 0 Å². The van der Waals surface area contributed by atoms with Gasteiger partial charge in [-0.3, -0.25) is 14.6 Å². The zero-order chi connectivity index (χ0) is 17.6. The number of amides is 1. The minimum Gasteiger partial charge on any atom is -0.350 e. The van der Waals surface area contributed by atoms with Gasteiger partial charge in [0, 0.05) is 37.6 Å². The lowest BCUT2D eigenvalue weighted by atomic mass is 10.1. The van der Waals surface area contributed by atoms with Crippen molar-refractivity contribution in [2.24, 2.45) is 0 Å². The molecule has 0 aliphatic carbocycles. The van der Waals surface area contributed by atoms with Gasteiger partial charge in [0.1, 0.15) is 0 Å². The molecule has 1 amide bonds. The van der Waals surface area contributed by atoms with Crippen LogP contribution in [0.2, 0.25) is 0 Å². The molecule has 134 valence electrons. The molecule has 25 heavy (non-hydrogen) atoms. The molecule has 3 rings (SSSR count). The Hall–Kier alpha value is -1.69. The van der Waals surface area contributed by atoms with Gasteiger partial charge in [0.05, 0.1) is 12.6 Å². The maximum Gasteiger partial charge on any atom is 0.237 e. The van der Waals surface area contributed by atoms with Crippen LogP contribution in [0, 0.1) is 6.92 Å². The number of hydrogen-bond acceptors (Lipinski definition) is 4. The fourth-order valence-corrected chi connectivity index (χ4v) is 3.88. The lowest BCUT2D eigenvalue weighted by Gasteiger charge is -2.37. The Bertz CT molecular complexity index is 678. The van der Waals surface area contributed by atoms with Crippen LogP contribution < -0.4 is 5.32 Å². The van der Waals surface area contributed by atoms with Crippen molar-refractivity contribution in [2.45, 2.75) is 33.0 Å². The molecular weight excluding hydrogens is 330 g/mol. The topological polar surface area (TPSA) is 35.6 Å². The van der Waals surface area contributed by atoms with E-state index in [0.29, 0.717) is 6.54 Å². The van der Waals surface area contributed by atoms with E-state index in [2.05, 4.69) is 52.4 Å². The van der Waals surface area contributed by atoms with E-state index in [-0.39, 0.29) is 11.9 Å². The number of benzene rings is 1. The maximum absolute atomic E-state index is 12.4. The molecule has 0 spiro atoms. The summed E-state index contributed by atoms with van der Waals surface area (Å²) in [4.78, 5) is 18.4. The molecule has 1 saturated heterocycles. The lowest BCUT2D eigenvalue weighted by molar-refractivity contribution is -0.126. The lowest BCUT2D eigenvalue weighted by Crippen LogP contribution is -2.53. The van der Waals surface area contributed by atoms with E-state index in [4.69, 9.17) is 0 Å². The van der Waals surface area contributed by atoms with Gasteiger partial charge in [-0.05, 0) is 36.4 Å². The monoisotopic (exact) mass is 357 g/mol. The quantitative estimate of drug-likeness (QED) is 0.863. The molecule has 1 aliphatic heterocycles. The minimum atomic E-state index is -0.0689. The number of carbonyl (C=O) groups is 1. The average molecular weight is 358 g/mol. The van der Waals surface area contributed by atoms with Crippen LogP contribution in [0.4, 0.5) is 0 Å². The first kappa shape index (κ1) is 18.1. The van der Waals surface area contributed by atoms with Crippen LogP contribution in [-0.4, -0.2) is 47.9 Å². The molecule has 1 atom stereocenters. The Kier molecular flexibility index (Phi) is 6.24. The number of piperazine rings is 1. The van der Waals surface area contributed by atoms with Crippen molar-refractivity contribution in [1.82, 2.24) is 15.1 Å². The molecule has 1 aliphatic rings. The number of rotatable bonds is 6. The predicted molar refractivity (Wildman–Crippen MR) is 104 cm³/mol. The highest BCUT2D eigenvalue weighted by Crippen LogP contribution is 2.14. The third-order valence-electron chi connectivity index (χ3n) is 5.01. The smallest absolute Gasteiger partial charge is 0.237 e. The Balaban J connectivity index is 1.44. The number of thiophene rings is 1. The third-order valence-corrected chi connectivity index (χ3v) is 5.88. The largest absolute Gasteiger partial charge is 0.350 e. The molecule has 1 aromatic carbocycles. The predicted octanol–water partition coefficient (Wildman–Crippen LogP) is 2.88. The van der Waals surface area contributed by atoms with Gasteiger partial charge in [-0.25, -0.2) is 0 Å². The highest BCUT2D eigenvalue weighted by atomic mass is 32.1. The second kappa shape index (κ2) is 8.61. The van der Waals surface area contributed by atoms with Crippen LogP contribution in [0.3, 0.4) is 0 Å². The first-order valence-electron chi connectivity index (χ1n) is 8.94. The molecular formula is C20H27N3OS. The van der Waals surface area contributed by atoms with Gasteiger partial charge in [0.25, 0.3) is 0 Å². The molecule has 2 aromatic rings. The van der Waals surface area contributed by atoms with Crippen molar-refractivity contribution < 1.29 is 4.79 Å². The van der Waals surface area contributed by atoms with Crippen LogP contribution in [0.5, 0.6) is 0 Å². The molecule has 0 radical (unpaired) electrons. The van der Waals surface area contributed by atoms with Crippen molar-refractivity contribution in [3.05, 3.63) is 57.8 Å². The van der Waals surface area contributed by atoms with Crippen molar-refractivity contribution in [1.29, 1.82) is 0 Å². The average Bonchev–Trinajstić information content (AvgIpc) is 3.15. The summed E-state index contributed by atoms with van der Waals surface area (Å²) in [6, 6.07) is 12.6. The first-order chi connectivity index (χ1) is 12.1. The fraction of sp³-hybridized carbons (Fsp3) is 0.450. The summed E-state index contributed by atoms with van der Waals surface area (Å²) in [5, 5.41) is 5.10. The zero-order valence-corrected chi connectivity index (χ0v) is 15.9. The molecule has 0 saturated carbocycles. The summed E-state index contributed by atoms with van der Waals surface area (Å²) in [6.07, 6.45) is 0. The number of carbonyl (C=O) groups excluding carboxylic acids is 1. The summed E-state index contributed by atoms with van der Waals surface area (Å²) < 4.78 is 0. The summed E-state index contributed by atoms with van der Waals surface area (Å²) in [6.45, 7) is 9.73. The number of nitrogens with one attached hydrogen (secondary N) is 1. The van der Waals surface area contributed by atoms with Gasteiger partial charge in [0.2, 0.25) is 5.91 Å². The highest BCUT2D eigenvalue weighted by molar-refractivity contribution is 7.09. The fourth-order valence-electron chi connectivity index (χ4n) is 3.24. The standard InChI is InChI=1S/C20H27N3OS/c1-16-6-3-4-7-18(16)15-22-9-11-23(12-10-22)17(2)20(24)21-14-19-8-5-13-25-19/h3-8,13,17H,9-12,14-15H2,1-2H3,(H,21,24). The van der Waals surface area contributed by atoms with Gasteiger partial charge in [0.15, 0.2) is 0 Å². The molecule has 5 heteroatoms. The Labute approximate surface area is 154 Å². The highest BCUT2D eigenvalue weighted by Gasteiger charge is 2.25. The van der Waals surface area contributed by atoms with Gasteiger partial charge < -0.3 is 5.32 Å². The second-order valence-corrected chi connectivity index (χ2v) is 7.74. The van der Waals surface area contributed by atoms with Crippen LogP contribution in [0.1, 0.15) is 22.9 Å². The van der Waals surface area contributed by atoms with Gasteiger partial charge >= 0.3 is 0 Å². The van der Waals surface area contributed by atoms with Crippen LogP contribution in [-0.2, 0) is 17.9 Å². The van der Waals surface area contributed by atoms with Gasteiger partial charge in [-0.15, -0.1) is 11.3 Å². The van der Waals surface area contributed by atoms with Gasteiger partial charge in [-0.2, -0.15) is 0 Å². The van der Waals surface area contributed by atoms with E-state index < -0.39 is 0 Å². The molecule has 4 nitrogen and oxygen atoms in total. The Morgan fingerprint density at radius 3 is 2.60 bits per heavy atom. The van der Waals surface area contributed by atoms with E-state index in [1.807, 2.05) is 18.4 Å². The van der Waals surface area contributed by atoms with E-state index in [1.54, 1.807) is 11.3 Å². The first-order valence-corrected chi connectivity index (χ1v) is 9.82. The SMILES string of the molecule is Cc1ccccc1CN1CCN(C(C)C(=O)NCc2cccs2)CC1. The summed E-state index contributed by atoms with van der Waals surface area (Å²) in [7, 11) is 0. The Morgan fingerprint density at radius 1 is 1.16 bits per heavy atom. The molecule has 1 aromatic heterocycles. The third kappa shape index (κ3) is 4.91. The van der Waals surface area contributed by atoms with Crippen molar-refractivity contribution in [3.8, 4) is 0 Å². The maximum atomic E-state index is 12.4. The van der Waals surface area contributed by atoms with Crippen molar-refractivity contribution in [2.75, 3.05) is 26.2 Å². The van der Waals surface area contributed by atoms with E-state index >= 15 is 0 Å². The van der Waals surface area contributed by atoms with E-state index in [1.165, 1.54) is 16.0 Å². The molecule has 1 fully saturated rings. The number of hydrogen-bond donors (Lipinski definition) is 1. The molecule has 1 unspecified atom stereocenters. The van der Waals surface area contributed by atoms with Crippen LogP contribution in [0.15, 0.2) is 41.8 Å². The van der Waals surface area contributed by atoms with E-state index in [9.17, 15) is 4.79 Å². The molecule has 2 heterocycles. The molecule has 0 bridgehead atoms. The van der Waals surface area contributed by atoms with Crippen molar-refractivity contribution >= 4 is 17.2 Å². The normalized spacial score (nSPS) is 17.4. The van der Waals surface area contributed by atoms with E-state index in [0.717, 1.165) is 32.7 Å².